The van der Waals surface area contributed by atoms with Crippen molar-refractivity contribution in [1.82, 2.24) is 9.13 Å². The number of hydrogen-bond donors (Lipinski definition) is 0. The van der Waals surface area contributed by atoms with Crippen LogP contribution in [0.15, 0.2) is 50.6 Å². The fraction of sp³-hybridized carbons (Fsp3) is 0.231. The summed E-state index contributed by atoms with van der Waals surface area (Å²) in [6.07, 6.45) is 16.8. The van der Waals surface area contributed by atoms with E-state index in [4.69, 9.17) is 0 Å². The minimum atomic E-state index is 0. The Balaban J connectivity index is 0.00000162. The third-order valence-electron chi connectivity index (χ3n) is 2.68. The third kappa shape index (κ3) is 5.16. The normalized spacial score (nSPS) is 9.26. The zero-order valence-electron chi connectivity index (χ0n) is 10.7. The van der Waals surface area contributed by atoms with Gasteiger partial charge in [0.1, 0.15) is 24.8 Å². The Bertz CT molecular complexity index is 470. The van der Waals surface area contributed by atoms with Crippen LogP contribution in [-0.4, -0.2) is 9.13 Å². The maximum absolute atomic E-state index is 3.72. The minimum Gasteiger partial charge on any atom is -1.00 e. The zero-order valence-corrected chi connectivity index (χ0v) is 13.9. The van der Waals surface area contributed by atoms with Gasteiger partial charge in [-0.1, -0.05) is 13.2 Å². The maximum atomic E-state index is 3.72. The summed E-state index contributed by atoms with van der Waals surface area (Å²) in [6, 6.07) is 0. The van der Waals surface area contributed by atoms with Crippen molar-refractivity contribution in [2.75, 3.05) is 0 Å². The lowest BCUT2D eigenvalue weighted by Gasteiger charge is -1.94. The highest BCUT2D eigenvalue weighted by atomic mass is 79.9. The molecule has 0 amide bonds. The van der Waals surface area contributed by atoms with Gasteiger partial charge in [0.05, 0.1) is 25.5 Å². The van der Waals surface area contributed by atoms with Gasteiger partial charge in [-0.05, 0) is 0 Å². The molecule has 0 aromatic carbocycles. The zero-order chi connectivity index (χ0) is 12.1. The molecule has 19 heavy (non-hydrogen) atoms. The molecule has 0 spiro atoms. The van der Waals surface area contributed by atoms with E-state index >= 15 is 0 Å². The molecule has 0 saturated carbocycles. The van der Waals surface area contributed by atoms with Crippen LogP contribution in [0.1, 0.15) is 6.42 Å². The summed E-state index contributed by atoms with van der Waals surface area (Å²) in [5, 5.41) is 0. The van der Waals surface area contributed by atoms with Crippen LogP contribution < -0.4 is 43.1 Å². The highest BCUT2D eigenvalue weighted by molar-refractivity contribution is 5.13. The highest BCUT2D eigenvalue weighted by Gasteiger charge is 2.04. The quantitative estimate of drug-likeness (QED) is 0.441. The standard InChI is InChI=1S/C13H18N4.2BrH/c1-3-14-8-10-16(12-14)6-5-7-17-11-9-15(4-2)13-17;;/h3-4,8-13H,1-2,5-7H2;2*1H/q+2;;/p-2. The van der Waals surface area contributed by atoms with E-state index in [2.05, 4.69) is 34.7 Å². The Morgan fingerprint density at radius 3 is 1.58 bits per heavy atom. The molecule has 0 radical (unpaired) electrons. The van der Waals surface area contributed by atoms with Crippen LogP contribution in [0.4, 0.5) is 0 Å². The second-order valence-electron chi connectivity index (χ2n) is 3.92. The first-order valence-electron chi connectivity index (χ1n) is 5.70. The molecule has 2 aromatic rings. The van der Waals surface area contributed by atoms with Crippen molar-refractivity contribution in [2.24, 2.45) is 0 Å². The molecule has 0 aliphatic carbocycles. The second kappa shape index (κ2) is 8.87. The van der Waals surface area contributed by atoms with Crippen LogP contribution in [0.2, 0.25) is 0 Å². The Kier molecular flexibility index (Phi) is 8.34. The average Bonchev–Trinajstić information content (AvgIpc) is 2.97. The number of nitrogens with zero attached hydrogens (tertiary/aromatic N) is 4. The van der Waals surface area contributed by atoms with Crippen molar-refractivity contribution in [3.63, 3.8) is 0 Å². The number of halogens is 2. The van der Waals surface area contributed by atoms with E-state index in [-0.39, 0.29) is 34.0 Å². The van der Waals surface area contributed by atoms with Crippen LogP contribution in [0, 0.1) is 0 Å². The van der Waals surface area contributed by atoms with E-state index in [1.807, 2.05) is 34.2 Å². The van der Waals surface area contributed by atoms with Crippen molar-refractivity contribution in [3.05, 3.63) is 50.6 Å². The van der Waals surface area contributed by atoms with Gasteiger partial charge >= 0.3 is 0 Å². The first-order chi connectivity index (χ1) is 8.31. The van der Waals surface area contributed by atoms with Gasteiger partial charge in [0, 0.05) is 6.42 Å². The van der Waals surface area contributed by atoms with Crippen molar-refractivity contribution in [1.29, 1.82) is 0 Å². The van der Waals surface area contributed by atoms with Gasteiger partial charge in [0.2, 0.25) is 12.7 Å². The van der Waals surface area contributed by atoms with E-state index in [1.54, 1.807) is 12.4 Å². The van der Waals surface area contributed by atoms with E-state index in [1.165, 1.54) is 0 Å². The molecular weight excluding hydrogens is 372 g/mol. The molecular formula is C13H18Br2N4. The van der Waals surface area contributed by atoms with Crippen LogP contribution in [-0.2, 0) is 13.1 Å². The number of aryl methyl sites for hydroxylation is 2. The fourth-order valence-electron chi connectivity index (χ4n) is 1.74. The van der Waals surface area contributed by atoms with Crippen molar-refractivity contribution >= 4 is 12.4 Å². The van der Waals surface area contributed by atoms with Gasteiger partial charge in [-0.15, -0.1) is 0 Å². The molecule has 0 aliphatic rings. The summed E-state index contributed by atoms with van der Waals surface area (Å²) in [5.74, 6) is 0. The van der Waals surface area contributed by atoms with Crippen molar-refractivity contribution in [2.45, 2.75) is 19.5 Å². The van der Waals surface area contributed by atoms with Crippen molar-refractivity contribution in [3.8, 4) is 0 Å². The number of hydrogen-bond acceptors (Lipinski definition) is 0. The molecule has 4 nitrogen and oxygen atoms in total. The van der Waals surface area contributed by atoms with Gasteiger partial charge in [-0.2, -0.15) is 0 Å². The molecule has 0 N–H and O–H groups in total. The number of rotatable bonds is 6. The maximum Gasteiger partial charge on any atom is 0.248 e. The average molecular weight is 390 g/mol. The second-order valence-corrected chi connectivity index (χ2v) is 3.92. The first kappa shape index (κ1) is 17.9. The van der Waals surface area contributed by atoms with Crippen LogP contribution in [0.5, 0.6) is 0 Å². The highest BCUT2D eigenvalue weighted by Crippen LogP contribution is 1.88. The van der Waals surface area contributed by atoms with Gasteiger partial charge in [0.15, 0.2) is 0 Å². The summed E-state index contributed by atoms with van der Waals surface area (Å²) in [5.41, 5.74) is 0. The van der Waals surface area contributed by atoms with Gasteiger partial charge < -0.3 is 34.0 Å². The monoisotopic (exact) mass is 388 g/mol. The van der Waals surface area contributed by atoms with Crippen LogP contribution >= 0.6 is 0 Å². The number of imidazole rings is 2. The minimum absolute atomic E-state index is 0. The van der Waals surface area contributed by atoms with Crippen LogP contribution in [0.25, 0.3) is 12.4 Å². The molecule has 0 bridgehead atoms. The van der Waals surface area contributed by atoms with Crippen LogP contribution in [0.3, 0.4) is 0 Å². The lowest BCUT2D eigenvalue weighted by atomic mass is 10.4. The van der Waals surface area contributed by atoms with E-state index in [0.29, 0.717) is 0 Å². The van der Waals surface area contributed by atoms with E-state index in [0.717, 1.165) is 19.5 Å². The Labute approximate surface area is 134 Å². The SMILES string of the molecule is C=Cn1cc[n+](CCC[n+]2ccn(C=C)c2)c1.[Br-].[Br-]. The molecule has 0 atom stereocenters. The number of aromatic nitrogens is 4. The summed E-state index contributed by atoms with van der Waals surface area (Å²) >= 11 is 0. The summed E-state index contributed by atoms with van der Waals surface area (Å²) in [7, 11) is 0. The largest absolute Gasteiger partial charge is 1.00 e. The topological polar surface area (TPSA) is 17.6 Å². The Morgan fingerprint density at radius 1 is 0.842 bits per heavy atom. The predicted molar refractivity (Wildman–Crippen MR) is 66.6 cm³/mol. The summed E-state index contributed by atoms with van der Waals surface area (Å²) in [4.78, 5) is 0. The van der Waals surface area contributed by atoms with E-state index in [9.17, 15) is 0 Å². The Morgan fingerprint density at radius 2 is 1.26 bits per heavy atom. The predicted octanol–water partition coefficient (Wildman–Crippen LogP) is -4.84. The molecule has 2 aromatic heterocycles. The molecule has 0 saturated heterocycles. The molecule has 0 fully saturated rings. The molecule has 0 unspecified atom stereocenters. The van der Waals surface area contributed by atoms with Gasteiger partial charge in [-0.25, -0.2) is 18.3 Å². The lowest BCUT2D eigenvalue weighted by Crippen LogP contribution is -3.00. The molecule has 2 heterocycles. The third-order valence-corrected chi connectivity index (χ3v) is 2.68. The van der Waals surface area contributed by atoms with Gasteiger partial charge in [-0.3, -0.25) is 0 Å². The van der Waals surface area contributed by atoms with E-state index < -0.39 is 0 Å². The summed E-state index contributed by atoms with van der Waals surface area (Å²) < 4.78 is 8.21. The van der Waals surface area contributed by atoms with Crippen molar-refractivity contribution < 1.29 is 43.1 Å². The molecule has 6 heteroatoms. The first-order valence-corrected chi connectivity index (χ1v) is 5.70. The fourth-order valence-corrected chi connectivity index (χ4v) is 1.74. The molecule has 104 valence electrons. The van der Waals surface area contributed by atoms with Gasteiger partial charge in [0.25, 0.3) is 0 Å². The Hall–Kier alpha value is -1.14. The molecule has 0 aliphatic heterocycles. The smallest absolute Gasteiger partial charge is 0.248 e. The lowest BCUT2D eigenvalue weighted by molar-refractivity contribution is -0.726. The summed E-state index contributed by atoms with van der Waals surface area (Å²) in [6.45, 7) is 9.45. The molecule has 2 rings (SSSR count).